The van der Waals surface area contributed by atoms with E-state index in [4.69, 9.17) is 5.73 Å². The summed E-state index contributed by atoms with van der Waals surface area (Å²) in [5, 5.41) is 0. The van der Waals surface area contributed by atoms with Crippen molar-refractivity contribution in [3.8, 4) is 0 Å². The van der Waals surface area contributed by atoms with Crippen LogP contribution in [-0.2, 0) is 0 Å². The molecule has 1 nitrogen and oxygen atoms in total. The van der Waals surface area contributed by atoms with Crippen LogP contribution in [0.5, 0.6) is 0 Å². The maximum atomic E-state index is 5.71. The Hall–Kier alpha value is -0.720. The first-order valence-electron chi connectivity index (χ1n) is 3.34. The zero-order valence-electron chi connectivity index (χ0n) is 6.07. The summed E-state index contributed by atoms with van der Waals surface area (Å²) in [6.07, 6.45) is 4.41. The van der Waals surface area contributed by atoms with E-state index in [2.05, 4.69) is 19.9 Å². The van der Waals surface area contributed by atoms with Gasteiger partial charge in [-0.15, -0.1) is 0 Å². The van der Waals surface area contributed by atoms with Crippen molar-refractivity contribution >= 4 is 0 Å². The van der Waals surface area contributed by atoms with Gasteiger partial charge in [-0.3, -0.25) is 0 Å². The van der Waals surface area contributed by atoms with E-state index in [1.54, 1.807) is 0 Å². The minimum atomic E-state index is 1.04. The van der Waals surface area contributed by atoms with E-state index in [1.165, 1.54) is 11.1 Å². The van der Waals surface area contributed by atoms with E-state index < -0.39 is 0 Å². The van der Waals surface area contributed by atoms with Gasteiger partial charge in [0.1, 0.15) is 0 Å². The highest BCUT2D eigenvalue weighted by Gasteiger charge is 2.03. The van der Waals surface area contributed by atoms with E-state index in [0.717, 1.165) is 18.5 Å². The molecule has 50 valence electrons. The SMILES string of the molecule is CC1=CCCC(N)=C1C. The largest absolute Gasteiger partial charge is 0.402 e. The third-order valence-electron chi connectivity index (χ3n) is 1.94. The van der Waals surface area contributed by atoms with Crippen LogP contribution >= 0.6 is 0 Å². The number of hydrogen-bond donors (Lipinski definition) is 1. The van der Waals surface area contributed by atoms with Crippen LogP contribution in [0.3, 0.4) is 0 Å². The molecule has 0 spiro atoms. The van der Waals surface area contributed by atoms with E-state index in [1.807, 2.05) is 0 Å². The summed E-state index contributed by atoms with van der Waals surface area (Å²) in [4.78, 5) is 0. The van der Waals surface area contributed by atoms with Gasteiger partial charge in [-0.05, 0) is 32.3 Å². The summed E-state index contributed by atoms with van der Waals surface area (Å²) in [7, 11) is 0. The molecular weight excluding hydrogens is 110 g/mol. The second kappa shape index (κ2) is 2.26. The zero-order valence-corrected chi connectivity index (χ0v) is 6.07. The van der Waals surface area contributed by atoms with E-state index in [9.17, 15) is 0 Å². The molecule has 0 bridgehead atoms. The smallest absolute Gasteiger partial charge is 0.0116 e. The first-order chi connectivity index (χ1) is 4.22. The van der Waals surface area contributed by atoms with Crippen LogP contribution in [0.1, 0.15) is 26.7 Å². The number of nitrogens with two attached hydrogens (primary N) is 1. The molecule has 0 atom stereocenters. The lowest BCUT2D eigenvalue weighted by atomic mass is 9.98. The van der Waals surface area contributed by atoms with Crippen LogP contribution in [-0.4, -0.2) is 0 Å². The third kappa shape index (κ3) is 1.15. The van der Waals surface area contributed by atoms with Gasteiger partial charge < -0.3 is 5.73 Å². The summed E-state index contributed by atoms with van der Waals surface area (Å²) in [5.41, 5.74) is 9.40. The van der Waals surface area contributed by atoms with Crippen LogP contribution < -0.4 is 5.73 Å². The number of allylic oxidation sites excluding steroid dienone is 4. The molecule has 1 rings (SSSR count). The summed E-state index contributed by atoms with van der Waals surface area (Å²) >= 11 is 0. The first-order valence-corrected chi connectivity index (χ1v) is 3.34. The molecule has 9 heavy (non-hydrogen) atoms. The fourth-order valence-electron chi connectivity index (χ4n) is 1.04. The minimum absolute atomic E-state index is 1.04. The molecule has 0 aromatic rings. The summed E-state index contributed by atoms with van der Waals surface area (Å²) in [5.74, 6) is 0. The number of rotatable bonds is 0. The second-order valence-electron chi connectivity index (χ2n) is 2.58. The fourth-order valence-corrected chi connectivity index (χ4v) is 1.04. The first kappa shape index (κ1) is 6.40. The van der Waals surface area contributed by atoms with Gasteiger partial charge in [0.2, 0.25) is 0 Å². The summed E-state index contributed by atoms with van der Waals surface area (Å²) in [6, 6.07) is 0. The summed E-state index contributed by atoms with van der Waals surface area (Å²) in [6.45, 7) is 4.20. The maximum absolute atomic E-state index is 5.71. The molecule has 0 saturated carbocycles. The maximum Gasteiger partial charge on any atom is 0.0116 e. The van der Waals surface area contributed by atoms with Gasteiger partial charge in [0.25, 0.3) is 0 Å². The average molecular weight is 123 g/mol. The van der Waals surface area contributed by atoms with Crippen molar-refractivity contribution in [1.82, 2.24) is 0 Å². The van der Waals surface area contributed by atoms with E-state index in [-0.39, 0.29) is 0 Å². The predicted octanol–water partition coefficient (Wildman–Crippen LogP) is 1.96. The molecule has 0 saturated heterocycles. The highest BCUT2D eigenvalue weighted by molar-refractivity contribution is 5.33. The van der Waals surface area contributed by atoms with Crippen LogP contribution in [0.4, 0.5) is 0 Å². The van der Waals surface area contributed by atoms with Crippen molar-refractivity contribution in [2.24, 2.45) is 5.73 Å². The van der Waals surface area contributed by atoms with Crippen molar-refractivity contribution < 1.29 is 0 Å². The molecule has 1 aliphatic carbocycles. The van der Waals surface area contributed by atoms with Crippen LogP contribution in [0.15, 0.2) is 22.9 Å². The third-order valence-corrected chi connectivity index (χ3v) is 1.94. The Bertz CT molecular complexity index is 175. The Morgan fingerprint density at radius 3 is 2.56 bits per heavy atom. The Morgan fingerprint density at radius 2 is 2.11 bits per heavy atom. The monoisotopic (exact) mass is 123 g/mol. The van der Waals surface area contributed by atoms with Gasteiger partial charge >= 0.3 is 0 Å². The zero-order chi connectivity index (χ0) is 6.85. The number of hydrogen-bond acceptors (Lipinski definition) is 1. The molecule has 2 N–H and O–H groups in total. The fraction of sp³-hybridized carbons (Fsp3) is 0.500. The highest BCUT2D eigenvalue weighted by atomic mass is 14.6. The molecule has 0 aromatic carbocycles. The molecule has 1 heteroatoms. The molecule has 0 amide bonds. The van der Waals surface area contributed by atoms with Crippen LogP contribution in [0.2, 0.25) is 0 Å². The average Bonchev–Trinajstić information content (AvgIpc) is 1.83. The van der Waals surface area contributed by atoms with Crippen molar-refractivity contribution in [3.63, 3.8) is 0 Å². The van der Waals surface area contributed by atoms with Gasteiger partial charge in [-0.1, -0.05) is 11.6 Å². The predicted molar refractivity (Wildman–Crippen MR) is 39.9 cm³/mol. The Balaban J connectivity index is 2.88. The lowest BCUT2D eigenvalue weighted by Gasteiger charge is -2.12. The Kier molecular flexibility index (Phi) is 1.60. The van der Waals surface area contributed by atoms with Gasteiger partial charge in [-0.2, -0.15) is 0 Å². The standard InChI is InChI=1S/C8H13N/c1-6-4-3-5-8(9)7(6)2/h4H,3,5,9H2,1-2H3. The van der Waals surface area contributed by atoms with Gasteiger partial charge in [-0.25, -0.2) is 0 Å². The molecular formula is C8H13N. The molecule has 1 aliphatic rings. The van der Waals surface area contributed by atoms with Crippen LogP contribution in [0.25, 0.3) is 0 Å². The molecule has 0 heterocycles. The lowest BCUT2D eigenvalue weighted by molar-refractivity contribution is 0.902. The molecule has 0 aromatic heterocycles. The van der Waals surface area contributed by atoms with Gasteiger partial charge in [0.15, 0.2) is 0 Å². The molecule has 0 unspecified atom stereocenters. The Morgan fingerprint density at radius 1 is 1.44 bits per heavy atom. The molecule has 0 radical (unpaired) electrons. The topological polar surface area (TPSA) is 26.0 Å². The van der Waals surface area contributed by atoms with Crippen molar-refractivity contribution in [2.75, 3.05) is 0 Å². The Labute approximate surface area is 56.2 Å². The quantitative estimate of drug-likeness (QED) is 0.523. The van der Waals surface area contributed by atoms with Crippen molar-refractivity contribution in [2.45, 2.75) is 26.7 Å². The molecule has 0 aliphatic heterocycles. The van der Waals surface area contributed by atoms with Crippen LogP contribution in [0, 0.1) is 0 Å². The summed E-state index contributed by atoms with van der Waals surface area (Å²) < 4.78 is 0. The van der Waals surface area contributed by atoms with Crippen molar-refractivity contribution in [1.29, 1.82) is 0 Å². The van der Waals surface area contributed by atoms with E-state index in [0.29, 0.717) is 0 Å². The van der Waals surface area contributed by atoms with E-state index >= 15 is 0 Å². The molecule has 0 fully saturated rings. The van der Waals surface area contributed by atoms with Crippen molar-refractivity contribution in [3.05, 3.63) is 22.9 Å². The van der Waals surface area contributed by atoms with Gasteiger partial charge in [0, 0.05) is 5.70 Å². The minimum Gasteiger partial charge on any atom is -0.402 e. The highest BCUT2D eigenvalue weighted by Crippen LogP contribution is 2.20. The lowest BCUT2D eigenvalue weighted by Crippen LogP contribution is -2.04. The van der Waals surface area contributed by atoms with Gasteiger partial charge in [0.05, 0.1) is 0 Å². The normalized spacial score (nSPS) is 20.0. The second-order valence-corrected chi connectivity index (χ2v) is 2.58.